The van der Waals surface area contributed by atoms with Crippen molar-refractivity contribution < 1.29 is 13.2 Å². The second-order valence-corrected chi connectivity index (χ2v) is 6.69. The highest BCUT2D eigenvalue weighted by atomic mass is 32.2. The molecule has 2 rings (SSSR count). The van der Waals surface area contributed by atoms with E-state index in [9.17, 15) is 8.42 Å². The van der Waals surface area contributed by atoms with Crippen LogP contribution in [-0.4, -0.2) is 49.5 Å². The van der Waals surface area contributed by atoms with Crippen molar-refractivity contribution in [2.24, 2.45) is 5.92 Å². The van der Waals surface area contributed by atoms with Gasteiger partial charge in [0.2, 0.25) is 16.0 Å². The van der Waals surface area contributed by atoms with Gasteiger partial charge >= 0.3 is 0 Å². The highest BCUT2D eigenvalue weighted by Crippen LogP contribution is 2.19. The minimum Gasteiger partial charge on any atom is -0.381 e. The Morgan fingerprint density at radius 3 is 2.74 bits per heavy atom. The molecule has 106 valence electrons. The lowest BCUT2D eigenvalue weighted by Gasteiger charge is -2.26. The molecule has 1 saturated heterocycles. The Kier molecular flexibility index (Phi) is 4.33. The van der Waals surface area contributed by atoms with E-state index >= 15 is 0 Å². The van der Waals surface area contributed by atoms with Crippen LogP contribution in [0, 0.1) is 5.92 Å². The molecule has 0 bridgehead atoms. The first-order valence-corrected chi connectivity index (χ1v) is 7.56. The SMILES string of the molecule is CN(CC1CCCOC1)S(=O)(=O)c1cnc(N)nc1. The summed E-state index contributed by atoms with van der Waals surface area (Å²) in [6.07, 6.45) is 4.42. The molecule has 1 fully saturated rings. The van der Waals surface area contributed by atoms with Gasteiger partial charge in [-0.15, -0.1) is 0 Å². The van der Waals surface area contributed by atoms with Gasteiger partial charge in [0.1, 0.15) is 4.90 Å². The van der Waals surface area contributed by atoms with E-state index in [4.69, 9.17) is 10.5 Å². The molecule has 2 heterocycles. The summed E-state index contributed by atoms with van der Waals surface area (Å²) in [5, 5.41) is 0. The fourth-order valence-corrected chi connectivity index (χ4v) is 3.19. The molecule has 1 unspecified atom stereocenters. The molecular formula is C11H18N4O3S. The van der Waals surface area contributed by atoms with E-state index in [0.717, 1.165) is 19.4 Å². The molecule has 1 atom stereocenters. The van der Waals surface area contributed by atoms with Crippen molar-refractivity contribution in [3.05, 3.63) is 12.4 Å². The van der Waals surface area contributed by atoms with E-state index in [1.807, 2.05) is 0 Å². The summed E-state index contributed by atoms with van der Waals surface area (Å²) in [6.45, 7) is 1.81. The largest absolute Gasteiger partial charge is 0.381 e. The molecule has 1 aliphatic heterocycles. The van der Waals surface area contributed by atoms with E-state index < -0.39 is 10.0 Å². The summed E-state index contributed by atoms with van der Waals surface area (Å²) in [6, 6.07) is 0. The molecule has 19 heavy (non-hydrogen) atoms. The van der Waals surface area contributed by atoms with Crippen molar-refractivity contribution in [2.45, 2.75) is 17.7 Å². The van der Waals surface area contributed by atoms with Crippen molar-refractivity contribution in [1.29, 1.82) is 0 Å². The average molecular weight is 286 g/mol. The van der Waals surface area contributed by atoms with Crippen molar-refractivity contribution in [2.75, 3.05) is 32.5 Å². The standard InChI is InChI=1S/C11H18N4O3S/c1-15(7-9-3-2-4-18-8-9)19(16,17)10-5-13-11(12)14-6-10/h5-6,9H,2-4,7-8H2,1H3,(H2,12,13,14). The number of hydrogen-bond acceptors (Lipinski definition) is 6. The van der Waals surface area contributed by atoms with Crippen LogP contribution in [-0.2, 0) is 14.8 Å². The van der Waals surface area contributed by atoms with Crippen LogP contribution in [0.1, 0.15) is 12.8 Å². The lowest BCUT2D eigenvalue weighted by molar-refractivity contribution is 0.0495. The van der Waals surface area contributed by atoms with Gasteiger partial charge in [-0.2, -0.15) is 0 Å². The number of nitrogen functional groups attached to an aromatic ring is 1. The molecular weight excluding hydrogens is 268 g/mol. The van der Waals surface area contributed by atoms with Gasteiger partial charge in [-0.1, -0.05) is 0 Å². The van der Waals surface area contributed by atoms with E-state index in [0.29, 0.717) is 13.2 Å². The smallest absolute Gasteiger partial charge is 0.245 e. The predicted molar refractivity (Wildman–Crippen MR) is 69.8 cm³/mol. The molecule has 1 aliphatic rings. The van der Waals surface area contributed by atoms with Crippen LogP contribution in [0.2, 0.25) is 0 Å². The molecule has 0 spiro atoms. The van der Waals surface area contributed by atoms with Crippen LogP contribution in [0.15, 0.2) is 17.3 Å². The maximum Gasteiger partial charge on any atom is 0.245 e. The van der Waals surface area contributed by atoms with Crippen molar-refractivity contribution in [3.8, 4) is 0 Å². The van der Waals surface area contributed by atoms with E-state index in [2.05, 4.69) is 9.97 Å². The topological polar surface area (TPSA) is 98.4 Å². The number of aromatic nitrogens is 2. The second kappa shape index (κ2) is 5.81. The highest BCUT2D eigenvalue weighted by Gasteiger charge is 2.25. The van der Waals surface area contributed by atoms with Gasteiger partial charge in [-0.05, 0) is 18.8 Å². The summed E-state index contributed by atoms with van der Waals surface area (Å²) in [7, 11) is -2.00. The molecule has 0 saturated carbocycles. The van der Waals surface area contributed by atoms with Crippen LogP contribution in [0.4, 0.5) is 5.95 Å². The number of rotatable bonds is 4. The Hall–Kier alpha value is -1.25. The molecule has 0 amide bonds. The Balaban J connectivity index is 2.07. The van der Waals surface area contributed by atoms with Crippen molar-refractivity contribution >= 4 is 16.0 Å². The number of nitrogens with two attached hydrogens (primary N) is 1. The highest BCUT2D eigenvalue weighted by molar-refractivity contribution is 7.89. The third-order valence-electron chi connectivity index (χ3n) is 3.13. The maximum absolute atomic E-state index is 12.3. The van der Waals surface area contributed by atoms with Crippen LogP contribution < -0.4 is 5.73 Å². The summed E-state index contributed by atoms with van der Waals surface area (Å²) < 4.78 is 31.2. The maximum atomic E-state index is 12.3. The minimum atomic E-state index is -3.56. The Labute approximate surface area is 112 Å². The van der Waals surface area contributed by atoms with Gasteiger partial charge in [0.05, 0.1) is 19.0 Å². The van der Waals surface area contributed by atoms with Crippen molar-refractivity contribution in [3.63, 3.8) is 0 Å². The average Bonchev–Trinajstić information content (AvgIpc) is 2.40. The first-order chi connectivity index (χ1) is 9.00. The summed E-state index contributed by atoms with van der Waals surface area (Å²) >= 11 is 0. The molecule has 1 aromatic rings. The lowest BCUT2D eigenvalue weighted by atomic mass is 10.0. The van der Waals surface area contributed by atoms with Crippen LogP contribution in [0.3, 0.4) is 0 Å². The Morgan fingerprint density at radius 1 is 1.47 bits per heavy atom. The van der Waals surface area contributed by atoms with Crippen molar-refractivity contribution in [1.82, 2.24) is 14.3 Å². The first-order valence-electron chi connectivity index (χ1n) is 6.12. The van der Waals surface area contributed by atoms with Gasteiger partial charge in [0, 0.05) is 20.2 Å². The lowest BCUT2D eigenvalue weighted by Crippen LogP contribution is -2.35. The molecule has 0 radical (unpaired) electrons. The normalized spacial score (nSPS) is 20.6. The third-order valence-corrected chi connectivity index (χ3v) is 4.90. The van der Waals surface area contributed by atoms with E-state index in [-0.39, 0.29) is 16.8 Å². The van der Waals surface area contributed by atoms with Crippen LogP contribution in [0.25, 0.3) is 0 Å². The van der Waals surface area contributed by atoms with Crippen LogP contribution in [0.5, 0.6) is 0 Å². The first kappa shape index (κ1) is 14.2. The number of nitrogens with zero attached hydrogens (tertiary/aromatic N) is 3. The van der Waals surface area contributed by atoms with Gasteiger partial charge < -0.3 is 10.5 Å². The number of ether oxygens (including phenoxy) is 1. The van der Waals surface area contributed by atoms with Gasteiger partial charge in [-0.3, -0.25) is 0 Å². The van der Waals surface area contributed by atoms with E-state index in [1.54, 1.807) is 7.05 Å². The minimum absolute atomic E-state index is 0.0564. The molecule has 0 aromatic carbocycles. The quantitative estimate of drug-likeness (QED) is 0.843. The molecule has 0 aliphatic carbocycles. The zero-order chi connectivity index (χ0) is 13.9. The number of anilines is 1. The molecule has 1 aromatic heterocycles. The Bertz CT molecular complexity index is 511. The molecule has 7 nitrogen and oxygen atoms in total. The number of sulfonamides is 1. The van der Waals surface area contributed by atoms with Gasteiger partial charge in [0.15, 0.2) is 0 Å². The van der Waals surface area contributed by atoms with Crippen LogP contribution >= 0.6 is 0 Å². The summed E-state index contributed by atoms with van der Waals surface area (Å²) in [5.41, 5.74) is 5.35. The zero-order valence-corrected chi connectivity index (χ0v) is 11.6. The fourth-order valence-electron chi connectivity index (χ4n) is 2.05. The molecule has 8 heteroatoms. The summed E-state index contributed by atoms with van der Waals surface area (Å²) in [4.78, 5) is 7.48. The monoisotopic (exact) mass is 286 g/mol. The number of hydrogen-bond donors (Lipinski definition) is 1. The Morgan fingerprint density at radius 2 is 2.16 bits per heavy atom. The second-order valence-electron chi connectivity index (χ2n) is 4.65. The summed E-state index contributed by atoms with van der Waals surface area (Å²) in [5.74, 6) is 0.297. The van der Waals surface area contributed by atoms with E-state index in [1.165, 1.54) is 16.7 Å². The fraction of sp³-hybridized carbons (Fsp3) is 0.636. The zero-order valence-electron chi connectivity index (χ0n) is 10.8. The molecule has 2 N–H and O–H groups in total. The van der Waals surface area contributed by atoms with Gasteiger partial charge in [-0.25, -0.2) is 22.7 Å². The van der Waals surface area contributed by atoms with Gasteiger partial charge in [0.25, 0.3) is 0 Å². The predicted octanol–water partition coefficient (Wildman–Crippen LogP) is 0.106. The third kappa shape index (κ3) is 3.40.